The highest BCUT2D eigenvalue weighted by molar-refractivity contribution is 5.84. The number of carboxylic acid groups (broad SMARTS) is 1. The second kappa shape index (κ2) is 5.36. The third kappa shape index (κ3) is 2.22. The van der Waals surface area contributed by atoms with Crippen molar-refractivity contribution in [2.75, 3.05) is 14.2 Å². The van der Waals surface area contributed by atoms with E-state index in [0.29, 0.717) is 28.4 Å². The van der Waals surface area contributed by atoms with Crippen LogP contribution in [0.1, 0.15) is 0 Å². The van der Waals surface area contributed by atoms with Crippen LogP contribution in [0.4, 0.5) is 4.79 Å². The largest absolute Gasteiger partial charge is 0.493 e. The highest BCUT2D eigenvalue weighted by Gasteiger charge is 2.12. The van der Waals surface area contributed by atoms with Gasteiger partial charge in [-0.05, 0) is 24.3 Å². The molecule has 0 spiro atoms. The Kier molecular flexibility index (Phi) is 3.38. The van der Waals surface area contributed by atoms with E-state index >= 15 is 0 Å². The third-order valence-electron chi connectivity index (χ3n) is 3.27. The molecule has 112 valence electrons. The van der Waals surface area contributed by atoms with E-state index in [1.54, 1.807) is 32.4 Å². The van der Waals surface area contributed by atoms with Gasteiger partial charge in [0.1, 0.15) is 5.52 Å². The number of carbonyl (C=O) groups is 1. The highest BCUT2D eigenvalue weighted by Crippen LogP contribution is 2.31. The summed E-state index contributed by atoms with van der Waals surface area (Å²) in [7, 11) is 3.13. The molecule has 0 amide bonds. The van der Waals surface area contributed by atoms with Crippen LogP contribution in [0, 0.1) is 0 Å². The molecule has 0 aliphatic rings. The van der Waals surface area contributed by atoms with Crippen LogP contribution in [0.5, 0.6) is 11.5 Å². The average Bonchev–Trinajstić information content (AvgIpc) is 2.97. The summed E-state index contributed by atoms with van der Waals surface area (Å²) in [6, 6.07) is 7.03. The minimum atomic E-state index is -1.09. The van der Waals surface area contributed by atoms with Crippen molar-refractivity contribution in [2.24, 2.45) is 0 Å². The van der Waals surface area contributed by atoms with Gasteiger partial charge in [-0.3, -0.25) is 0 Å². The summed E-state index contributed by atoms with van der Waals surface area (Å²) >= 11 is 0. The molecule has 0 unspecified atom stereocenters. The molecule has 0 atom stereocenters. The molecule has 0 saturated carbocycles. The Hall–Kier alpha value is -3.09. The van der Waals surface area contributed by atoms with Gasteiger partial charge >= 0.3 is 6.09 Å². The van der Waals surface area contributed by atoms with Crippen molar-refractivity contribution in [1.29, 1.82) is 0 Å². The molecule has 0 radical (unpaired) electrons. The number of hydrogen-bond acceptors (Lipinski definition) is 5. The number of nitrogens with zero attached hydrogens (tertiary/aromatic N) is 3. The van der Waals surface area contributed by atoms with E-state index in [4.69, 9.17) is 14.6 Å². The highest BCUT2D eigenvalue weighted by atomic mass is 16.5. The second-order valence-electron chi connectivity index (χ2n) is 4.50. The van der Waals surface area contributed by atoms with E-state index in [1.807, 2.05) is 6.07 Å². The second-order valence-corrected chi connectivity index (χ2v) is 4.50. The van der Waals surface area contributed by atoms with Crippen LogP contribution in [0.25, 0.3) is 22.4 Å². The summed E-state index contributed by atoms with van der Waals surface area (Å²) in [4.78, 5) is 19.7. The van der Waals surface area contributed by atoms with Crippen LogP contribution in [-0.2, 0) is 0 Å². The van der Waals surface area contributed by atoms with Crippen LogP contribution in [0.3, 0.4) is 0 Å². The first-order valence-corrected chi connectivity index (χ1v) is 6.44. The van der Waals surface area contributed by atoms with E-state index < -0.39 is 6.09 Å². The van der Waals surface area contributed by atoms with Crippen LogP contribution >= 0.6 is 0 Å². The Morgan fingerprint density at radius 2 is 1.95 bits per heavy atom. The molecule has 22 heavy (non-hydrogen) atoms. The average molecular weight is 299 g/mol. The zero-order valence-corrected chi connectivity index (χ0v) is 12.0. The lowest BCUT2D eigenvalue weighted by Gasteiger charge is -2.09. The molecule has 0 aliphatic carbocycles. The first kappa shape index (κ1) is 13.9. The lowest BCUT2D eigenvalue weighted by atomic mass is 10.1. The van der Waals surface area contributed by atoms with Gasteiger partial charge in [-0.15, -0.1) is 0 Å². The van der Waals surface area contributed by atoms with E-state index in [9.17, 15) is 4.79 Å². The molecular weight excluding hydrogens is 286 g/mol. The molecule has 2 aromatic heterocycles. The summed E-state index contributed by atoms with van der Waals surface area (Å²) in [5.41, 5.74) is 2.23. The molecular formula is C15H13N3O4. The maximum atomic E-state index is 11.0. The fourth-order valence-electron chi connectivity index (χ4n) is 2.20. The standard InChI is InChI=1S/C15H13N3O4/c1-21-12-4-3-9(7-13(12)22-2)11-8-16-14-10(17-11)5-6-18(14)15(19)20/h3-8H,1-2H3,(H,19,20). The van der Waals surface area contributed by atoms with Gasteiger partial charge in [0.05, 0.1) is 26.1 Å². The van der Waals surface area contributed by atoms with Gasteiger partial charge in [-0.25, -0.2) is 19.3 Å². The van der Waals surface area contributed by atoms with Crippen LogP contribution in [-0.4, -0.2) is 40.0 Å². The number of rotatable bonds is 3. The lowest BCUT2D eigenvalue weighted by Crippen LogP contribution is -2.06. The number of aromatic nitrogens is 3. The quantitative estimate of drug-likeness (QED) is 0.800. The molecule has 7 nitrogen and oxygen atoms in total. The normalized spacial score (nSPS) is 10.6. The number of hydrogen-bond donors (Lipinski definition) is 1. The molecule has 0 fully saturated rings. The van der Waals surface area contributed by atoms with Crippen molar-refractivity contribution in [2.45, 2.75) is 0 Å². The fourth-order valence-corrected chi connectivity index (χ4v) is 2.20. The van der Waals surface area contributed by atoms with Crippen molar-refractivity contribution in [3.8, 4) is 22.8 Å². The summed E-state index contributed by atoms with van der Waals surface area (Å²) in [5, 5.41) is 9.05. The molecule has 1 aromatic carbocycles. The van der Waals surface area contributed by atoms with Crippen LogP contribution in [0.15, 0.2) is 36.7 Å². The fraction of sp³-hybridized carbons (Fsp3) is 0.133. The van der Waals surface area contributed by atoms with Crippen molar-refractivity contribution >= 4 is 17.3 Å². The summed E-state index contributed by atoms with van der Waals surface area (Å²) in [6.07, 6.45) is 1.86. The number of fused-ring (bicyclic) bond motifs is 1. The van der Waals surface area contributed by atoms with Crippen molar-refractivity contribution in [3.05, 3.63) is 36.7 Å². The molecule has 3 rings (SSSR count). The predicted molar refractivity (Wildman–Crippen MR) is 79.5 cm³/mol. The van der Waals surface area contributed by atoms with E-state index in [1.165, 1.54) is 12.4 Å². The van der Waals surface area contributed by atoms with E-state index in [0.717, 1.165) is 10.1 Å². The van der Waals surface area contributed by atoms with Gasteiger partial charge in [0.2, 0.25) is 0 Å². The molecule has 0 bridgehead atoms. The maximum Gasteiger partial charge on any atom is 0.417 e. The van der Waals surface area contributed by atoms with Crippen LogP contribution < -0.4 is 9.47 Å². The predicted octanol–water partition coefficient (Wildman–Crippen LogP) is 2.64. The molecule has 0 saturated heterocycles. The van der Waals surface area contributed by atoms with Crippen LogP contribution in [0.2, 0.25) is 0 Å². The zero-order valence-electron chi connectivity index (χ0n) is 12.0. The minimum Gasteiger partial charge on any atom is -0.493 e. The Morgan fingerprint density at radius 1 is 1.18 bits per heavy atom. The molecule has 7 heteroatoms. The number of benzene rings is 1. The summed E-state index contributed by atoms with van der Waals surface area (Å²) < 4.78 is 11.5. The Labute approximate surface area is 125 Å². The lowest BCUT2D eigenvalue weighted by molar-refractivity contribution is 0.197. The zero-order chi connectivity index (χ0) is 15.7. The molecule has 2 heterocycles. The molecule has 0 aliphatic heterocycles. The topological polar surface area (TPSA) is 86.5 Å². The Bertz CT molecular complexity index is 857. The maximum absolute atomic E-state index is 11.0. The van der Waals surface area contributed by atoms with E-state index in [2.05, 4.69) is 9.97 Å². The van der Waals surface area contributed by atoms with Gasteiger partial charge < -0.3 is 14.6 Å². The number of ether oxygens (including phenoxy) is 2. The van der Waals surface area contributed by atoms with Crippen molar-refractivity contribution < 1.29 is 19.4 Å². The minimum absolute atomic E-state index is 0.303. The van der Waals surface area contributed by atoms with Gasteiger partial charge in [0, 0.05) is 11.8 Å². The molecule has 1 N–H and O–H groups in total. The molecule has 3 aromatic rings. The van der Waals surface area contributed by atoms with Gasteiger partial charge in [-0.1, -0.05) is 0 Å². The SMILES string of the molecule is COc1ccc(-c2cnc3c(ccn3C(=O)O)n2)cc1OC. The smallest absolute Gasteiger partial charge is 0.417 e. The summed E-state index contributed by atoms with van der Waals surface area (Å²) in [6.45, 7) is 0. The van der Waals surface area contributed by atoms with E-state index in [-0.39, 0.29) is 0 Å². The first-order chi connectivity index (χ1) is 10.6. The van der Waals surface area contributed by atoms with Crippen molar-refractivity contribution in [1.82, 2.24) is 14.5 Å². The van der Waals surface area contributed by atoms with Gasteiger partial charge in [-0.2, -0.15) is 0 Å². The first-order valence-electron chi connectivity index (χ1n) is 6.44. The summed E-state index contributed by atoms with van der Waals surface area (Å²) in [5.74, 6) is 1.21. The monoisotopic (exact) mass is 299 g/mol. The van der Waals surface area contributed by atoms with Crippen molar-refractivity contribution in [3.63, 3.8) is 0 Å². The third-order valence-corrected chi connectivity index (χ3v) is 3.27. The Balaban J connectivity index is 2.09. The Morgan fingerprint density at radius 3 is 2.64 bits per heavy atom. The van der Waals surface area contributed by atoms with Gasteiger partial charge in [0.15, 0.2) is 17.1 Å². The number of methoxy groups -OCH3 is 2. The van der Waals surface area contributed by atoms with Gasteiger partial charge in [0.25, 0.3) is 0 Å².